The molecule has 4 aromatic rings. The van der Waals surface area contributed by atoms with Gasteiger partial charge in [0, 0.05) is 22.5 Å². The highest BCUT2D eigenvalue weighted by atomic mass is 79.9. The van der Waals surface area contributed by atoms with Crippen molar-refractivity contribution in [2.24, 2.45) is 5.10 Å². The first-order valence-electron chi connectivity index (χ1n) is 11.7. The van der Waals surface area contributed by atoms with Crippen LogP contribution in [0.25, 0.3) is 10.9 Å². The number of halogens is 2. The topological polar surface area (TPSA) is 109 Å². The number of non-ortho nitro benzene ring substituents is 1. The number of ether oxygens (including phenoxy) is 2. The van der Waals surface area contributed by atoms with E-state index in [-0.39, 0.29) is 28.8 Å². The summed E-state index contributed by atoms with van der Waals surface area (Å²) in [6.07, 6.45) is 2.30. The van der Waals surface area contributed by atoms with Gasteiger partial charge in [0.1, 0.15) is 12.4 Å². The van der Waals surface area contributed by atoms with Gasteiger partial charge in [0.2, 0.25) is 0 Å². The van der Waals surface area contributed by atoms with Crippen molar-refractivity contribution in [3.63, 3.8) is 0 Å². The number of fused-ring (bicyclic) bond motifs is 1. The predicted molar refractivity (Wildman–Crippen MR) is 151 cm³/mol. The van der Waals surface area contributed by atoms with Crippen molar-refractivity contribution in [3.8, 4) is 11.5 Å². The standard InChI is InChI=1S/C27H24BrClN4O5/c1-4-16(2)26-31-23-10-7-19(28)13-21(23)27(34)32(26)30-14-18-11-22(29)25(24(12-18)37-3)38-15-17-5-8-20(9-6-17)33(35)36/h5-14,16H,4,15H2,1-3H3/t16-/m1/s1. The highest BCUT2D eigenvalue weighted by Gasteiger charge is 2.17. The number of aromatic nitrogens is 2. The number of nitro groups is 1. The van der Waals surface area contributed by atoms with E-state index in [1.165, 1.54) is 30.1 Å². The van der Waals surface area contributed by atoms with Gasteiger partial charge in [0.05, 0.1) is 34.2 Å². The fraction of sp³-hybridized carbons (Fsp3) is 0.222. The molecule has 0 N–H and O–H groups in total. The first-order valence-corrected chi connectivity index (χ1v) is 12.9. The van der Waals surface area contributed by atoms with Crippen LogP contribution in [0.15, 0.2) is 69.0 Å². The number of rotatable bonds is 9. The van der Waals surface area contributed by atoms with Crippen LogP contribution in [0.4, 0.5) is 5.69 Å². The summed E-state index contributed by atoms with van der Waals surface area (Å²) >= 11 is 9.93. The van der Waals surface area contributed by atoms with E-state index in [9.17, 15) is 14.9 Å². The SMILES string of the molecule is CC[C@@H](C)c1nc2ccc(Br)cc2c(=O)n1N=Cc1cc(Cl)c(OCc2ccc([N+](=O)[O-])cc2)c(OC)c1. The average Bonchev–Trinajstić information content (AvgIpc) is 2.91. The maximum atomic E-state index is 13.3. The molecule has 1 atom stereocenters. The molecule has 9 nitrogen and oxygen atoms in total. The maximum absolute atomic E-state index is 13.3. The van der Waals surface area contributed by atoms with Crippen LogP contribution in [-0.4, -0.2) is 27.9 Å². The van der Waals surface area contributed by atoms with Crippen LogP contribution in [0, 0.1) is 10.1 Å². The van der Waals surface area contributed by atoms with Crippen LogP contribution in [-0.2, 0) is 6.61 Å². The molecule has 0 spiro atoms. The molecule has 0 amide bonds. The second kappa shape index (κ2) is 11.7. The largest absolute Gasteiger partial charge is 0.493 e. The molecular formula is C27H24BrClN4O5. The van der Waals surface area contributed by atoms with Crippen LogP contribution in [0.5, 0.6) is 11.5 Å². The van der Waals surface area contributed by atoms with E-state index in [1.54, 1.807) is 36.4 Å². The summed E-state index contributed by atoms with van der Waals surface area (Å²) in [5, 5.41) is 16.1. The molecule has 0 saturated heterocycles. The Morgan fingerprint density at radius 1 is 1.21 bits per heavy atom. The molecule has 0 aliphatic rings. The first-order chi connectivity index (χ1) is 18.2. The van der Waals surface area contributed by atoms with Gasteiger partial charge in [-0.2, -0.15) is 9.78 Å². The highest BCUT2D eigenvalue weighted by molar-refractivity contribution is 9.10. The molecule has 0 fully saturated rings. The third kappa shape index (κ3) is 5.87. The van der Waals surface area contributed by atoms with Crippen LogP contribution in [0.1, 0.15) is 43.1 Å². The van der Waals surface area contributed by atoms with Crippen molar-refractivity contribution in [1.82, 2.24) is 9.66 Å². The molecular weight excluding hydrogens is 576 g/mol. The Labute approximate surface area is 232 Å². The molecule has 1 heterocycles. The van der Waals surface area contributed by atoms with Gasteiger partial charge in [-0.25, -0.2) is 4.98 Å². The van der Waals surface area contributed by atoms with E-state index in [0.717, 1.165) is 16.5 Å². The maximum Gasteiger partial charge on any atom is 0.282 e. The van der Waals surface area contributed by atoms with E-state index in [0.29, 0.717) is 33.8 Å². The Bertz CT molecular complexity index is 1590. The molecule has 0 unspecified atom stereocenters. The van der Waals surface area contributed by atoms with Gasteiger partial charge < -0.3 is 9.47 Å². The zero-order valence-electron chi connectivity index (χ0n) is 20.9. The van der Waals surface area contributed by atoms with Gasteiger partial charge in [-0.15, -0.1) is 0 Å². The number of benzene rings is 3. The van der Waals surface area contributed by atoms with Crippen molar-refractivity contribution in [2.45, 2.75) is 32.8 Å². The lowest BCUT2D eigenvalue weighted by atomic mass is 10.1. The van der Waals surface area contributed by atoms with E-state index < -0.39 is 4.92 Å². The number of nitrogens with zero attached hydrogens (tertiary/aromatic N) is 4. The summed E-state index contributed by atoms with van der Waals surface area (Å²) in [6, 6.07) is 14.8. The van der Waals surface area contributed by atoms with Crippen LogP contribution in [0.3, 0.4) is 0 Å². The lowest BCUT2D eigenvalue weighted by Gasteiger charge is -2.15. The zero-order chi connectivity index (χ0) is 27.4. The third-order valence-corrected chi connectivity index (χ3v) is 6.76. The van der Waals surface area contributed by atoms with Gasteiger partial charge in [0.25, 0.3) is 11.2 Å². The molecule has 4 rings (SSSR count). The summed E-state index contributed by atoms with van der Waals surface area (Å²) in [6.45, 7) is 4.15. The number of hydrogen-bond donors (Lipinski definition) is 0. The summed E-state index contributed by atoms with van der Waals surface area (Å²) in [4.78, 5) is 28.5. The van der Waals surface area contributed by atoms with Crippen molar-refractivity contribution in [3.05, 3.63) is 102 Å². The molecule has 11 heteroatoms. The number of methoxy groups -OCH3 is 1. The quantitative estimate of drug-likeness (QED) is 0.120. The minimum absolute atomic E-state index is 0.00113. The van der Waals surface area contributed by atoms with Gasteiger partial charge in [-0.1, -0.05) is 41.4 Å². The fourth-order valence-corrected chi connectivity index (χ4v) is 4.36. The molecule has 0 saturated carbocycles. The van der Waals surface area contributed by atoms with E-state index in [4.69, 9.17) is 26.1 Å². The monoisotopic (exact) mass is 598 g/mol. The molecule has 0 aliphatic heterocycles. The predicted octanol–water partition coefficient (Wildman–Crippen LogP) is 6.70. The van der Waals surface area contributed by atoms with E-state index in [2.05, 4.69) is 21.0 Å². The van der Waals surface area contributed by atoms with Gasteiger partial charge in [-0.3, -0.25) is 14.9 Å². The minimum atomic E-state index is -0.461. The Balaban J connectivity index is 1.65. The van der Waals surface area contributed by atoms with Crippen LogP contribution < -0.4 is 15.0 Å². The van der Waals surface area contributed by atoms with Crippen molar-refractivity contribution < 1.29 is 14.4 Å². The fourth-order valence-electron chi connectivity index (χ4n) is 3.73. The van der Waals surface area contributed by atoms with Crippen LogP contribution >= 0.6 is 27.5 Å². The normalized spacial score (nSPS) is 12.1. The number of nitro benzene ring substituents is 1. The second-order valence-corrected chi connectivity index (χ2v) is 9.87. The van der Waals surface area contributed by atoms with Gasteiger partial charge in [-0.05, 0) is 60.0 Å². The van der Waals surface area contributed by atoms with Gasteiger partial charge in [0.15, 0.2) is 11.5 Å². The van der Waals surface area contributed by atoms with Gasteiger partial charge >= 0.3 is 0 Å². The van der Waals surface area contributed by atoms with E-state index >= 15 is 0 Å². The smallest absolute Gasteiger partial charge is 0.282 e. The van der Waals surface area contributed by atoms with Crippen molar-refractivity contribution in [1.29, 1.82) is 0 Å². The summed E-state index contributed by atoms with van der Waals surface area (Å²) in [5.74, 6) is 1.25. The molecule has 0 bridgehead atoms. The summed E-state index contributed by atoms with van der Waals surface area (Å²) in [7, 11) is 1.49. The lowest BCUT2D eigenvalue weighted by molar-refractivity contribution is -0.384. The molecule has 3 aromatic carbocycles. The van der Waals surface area contributed by atoms with Crippen LogP contribution in [0.2, 0.25) is 5.02 Å². The Morgan fingerprint density at radius 2 is 1.95 bits per heavy atom. The minimum Gasteiger partial charge on any atom is -0.493 e. The molecule has 0 radical (unpaired) electrons. The zero-order valence-corrected chi connectivity index (χ0v) is 23.2. The molecule has 1 aromatic heterocycles. The molecule has 38 heavy (non-hydrogen) atoms. The molecule has 196 valence electrons. The lowest BCUT2D eigenvalue weighted by Crippen LogP contribution is -2.23. The first kappa shape index (κ1) is 27.3. The summed E-state index contributed by atoms with van der Waals surface area (Å²) < 4.78 is 13.4. The Morgan fingerprint density at radius 3 is 2.61 bits per heavy atom. The van der Waals surface area contributed by atoms with Crippen molar-refractivity contribution >= 4 is 50.3 Å². The second-order valence-electron chi connectivity index (χ2n) is 8.55. The average molecular weight is 600 g/mol. The summed E-state index contributed by atoms with van der Waals surface area (Å²) in [5.41, 5.74) is 1.65. The highest BCUT2D eigenvalue weighted by Crippen LogP contribution is 2.36. The Hall–Kier alpha value is -3.76. The molecule has 0 aliphatic carbocycles. The van der Waals surface area contributed by atoms with Crippen molar-refractivity contribution in [2.75, 3.05) is 7.11 Å². The number of hydrogen-bond acceptors (Lipinski definition) is 7. The van der Waals surface area contributed by atoms with E-state index in [1.807, 2.05) is 19.9 Å². The Kier molecular flexibility index (Phi) is 8.43. The third-order valence-electron chi connectivity index (χ3n) is 5.99.